The number of nitrogens with zero attached hydrogens (tertiary/aromatic N) is 2. The van der Waals surface area contributed by atoms with Crippen LogP contribution in [0, 0.1) is 0 Å². The van der Waals surface area contributed by atoms with E-state index in [4.69, 9.17) is 11.5 Å². The molecule has 0 aliphatic rings. The van der Waals surface area contributed by atoms with E-state index in [1.807, 2.05) is 0 Å². The van der Waals surface area contributed by atoms with Crippen LogP contribution in [-0.4, -0.2) is 17.0 Å². The fourth-order valence-electron chi connectivity index (χ4n) is 0.602. The standard InChI is InChI=1S/C5H9N5/c1-8-3-2-9-5(7)10-4(3)6/h2,8H,1H3,(H4,6,7,9,10). The van der Waals surface area contributed by atoms with Crippen LogP contribution < -0.4 is 16.8 Å². The highest BCUT2D eigenvalue weighted by molar-refractivity contribution is 5.60. The lowest BCUT2D eigenvalue weighted by Gasteiger charge is -2.01. The van der Waals surface area contributed by atoms with Crippen molar-refractivity contribution in [3.63, 3.8) is 0 Å². The number of hydrogen-bond donors (Lipinski definition) is 3. The second-order valence-corrected chi connectivity index (χ2v) is 1.78. The maximum Gasteiger partial charge on any atom is 0.222 e. The molecule has 0 atom stereocenters. The van der Waals surface area contributed by atoms with Crippen molar-refractivity contribution in [1.82, 2.24) is 9.97 Å². The van der Waals surface area contributed by atoms with E-state index in [0.717, 1.165) is 0 Å². The quantitative estimate of drug-likeness (QED) is 0.496. The van der Waals surface area contributed by atoms with Gasteiger partial charge in [-0.3, -0.25) is 0 Å². The molecule has 0 radical (unpaired) electrons. The topological polar surface area (TPSA) is 89.8 Å². The number of rotatable bonds is 1. The Hall–Kier alpha value is -1.52. The molecule has 0 bridgehead atoms. The molecule has 5 heteroatoms. The van der Waals surface area contributed by atoms with E-state index in [1.165, 1.54) is 6.20 Å². The maximum atomic E-state index is 5.44. The third kappa shape index (κ3) is 1.07. The summed E-state index contributed by atoms with van der Waals surface area (Å²) in [6.07, 6.45) is 1.54. The molecule has 0 aromatic carbocycles. The third-order valence-electron chi connectivity index (χ3n) is 1.11. The van der Waals surface area contributed by atoms with Gasteiger partial charge in [0.05, 0.1) is 11.9 Å². The fraction of sp³-hybridized carbons (Fsp3) is 0.200. The van der Waals surface area contributed by atoms with Gasteiger partial charge in [0, 0.05) is 7.05 Å². The summed E-state index contributed by atoms with van der Waals surface area (Å²) in [6.45, 7) is 0. The summed E-state index contributed by atoms with van der Waals surface area (Å²) in [5, 5.41) is 2.82. The summed E-state index contributed by atoms with van der Waals surface area (Å²) in [7, 11) is 1.74. The van der Waals surface area contributed by atoms with Gasteiger partial charge < -0.3 is 16.8 Å². The Labute approximate surface area is 58.5 Å². The zero-order valence-electron chi connectivity index (χ0n) is 5.63. The van der Waals surface area contributed by atoms with Crippen molar-refractivity contribution < 1.29 is 0 Å². The highest BCUT2D eigenvalue weighted by atomic mass is 15.1. The van der Waals surface area contributed by atoms with E-state index in [2.05, 4.69) is 15.3 Å². The minimum atomic E-state index is 0.191. The molecule has 0 fully saturated rings. The van der Waals surface area contributed by atoms with Crippen molar-refractivity contribution in [2.24, 2.45) is 0 Å². The van der Waals surface area contributed by atoms with Crippen molar-refractivity contribution in [3.05, 3.63) is 6.20 Å². The van der Waals surface area contributed by atoms with Gasteiger partial charge in [0.2, 0.25) is 5.95 Å². The Balaban J connectivity index is 3.07. The highest BCUT2D eigenvalue weighted by Gasteiger charge is 1.97. The van der Waals surface area contributed by atoms with Crippen LogP contribution in [0.15, 0.2) is 6.20 Å². The van der Waals surface area contributed by atoms with Crippen LogP contribution >= 0.6 is 0 Å². The number of nitrogen functional groups attached to an aromatic ring is 2. The van der Waals surface area contributed by atoms with Crippen LogP contribution in [0.4, 0.5) is 17.5 Å². The van der Waals surface area contributed by atoms with Gasteiger partial charge >= 0.3 is 0 Å². The molecule has 0 unspecified atom stereocenters. The summed E-state index contributed by atoms with van der Waals surface area (Å²) in [6, 6.07) is 0. The lowest BCUT2D eigenvalue weighted by Crippen LogP contribution is -2.02. The lowest BCUT2D eigenvalue weighted by molar-refractivity contribution is 1.19. The van der Waals surface area contributed by atoms with E-state index in [9.17, 15) is 0 Å². The average Bonchev–Trinajstić information content (AvgIpc) is 1.88. The minimum absolute atomic E-state index is 0.191. The Bertz CT molecular complexity index is 233. The van der Waals surface area contributed by atoms with Gasteiger partial charge in [-0.2, -0.15) is 4.98 Å². The summed E-state index contributed by atoms with van der Waals surface area (Å²) >= 11 is 0. The molecule has 5 N–H and O–H groups in total. The Kier molecular flexibility index (Phi) is 1.57. The second-order valence-electron chi connectivity index (χ2n) is 1.78. The Morgan fingerprint density at radius 3 is 2.70 bits per heavy atom. The molecule has 0 saturated carbocycles. The van der Waals surface area contributed by atoms with Crippen LogP contribution in [0.5, 0.6) is 0 Å². The molecule has 1 aromatic rings. The Morgan fingerprint density at radius 1 is 1.50 bits per heavy atom. The van der Waals surface area contributed by atoms with Crippen molar-refractivity contribution in [3.8, 4) is 0 Å². The van der Waals surface area contributed by atoms with Crippen molar-refractivity contribution in [2.45, 2.75) is 0 Å². The number of aromatic nitrogens is 2. The largest absolute Gasteiger partial charge is 0.384 e. The van der Waals surface area contributed by atoms with E-state index in [1.54, 1.807) is 7.05 Å². The number of anilines is 3. The second kappa shape index (κ2) is 2.38. The molecule has 1 rings (SSSR count). The van der Waals surface area contributed by atoms with Gasteiger partial charge in [0.1, 0.15) is 0 Å². The monoisotopic (exact) mass is 139 g/mol. The van der Waals surface area contributed by atoms with Crippen molar-refractivity contribution >= 4 is 17.5 Å². The summed E-state index contributed by atoms with van der Waals surface area (Å²) in [5.41, 5.74) is 11.4. The summed E-state index contributed by atoms with van der Waals surface area (Å²) < 4.78 is 0. The van der Waals surface area contributed by atoms with Crippen LogP contribution in [0.25, 0.3) is 0 Å². The van der Waals surface area contributed by atoms with Crippen molar-refractivity contribution in [1.29, 1.82) is 0 Å². The van der Waals surface area contributed by atoms with Gasteiger partial charge in [-0.25, -0.2) is 4.98 Å². The van der Waals surface area contributed by atoms with E-state index < -0.39 is 0 Å². The first-order valence-corrected chi connectivity index (χ1v) is 2.80. The smallest absolute Gasteiger partial charge is 0.222 e. The molecule has 0 amide bonds. The first-order chi connectivity index (χ1) is 4.74. The molecule has 5 nitrogen and oxygen atoms in total. The van der Waals surface area contributed by atoms with E-state index in [-0.39, 0.29) is 5.95 Å². The predicted octanol–water partition coefficient (Wildman–Crippen LogP) is -0.317. The first kappa shape index (κ1) is 6.60. The molecule has 0 aliphatic heterocycles. The van der Waals surface area contributed by atoms with Crippen LogP contribution in [-0.2, 0) is 0 Å². The molecule has 0 aliphatic carbocycles. The van der Waals surface area contributed by atoms with Gasteiger partial charge in [-0.15, -0.1) is 0 Å². The molecule has 10 heavy (non-hydrogen) atoms. The molecule has 54 valence electrons. The fourth-order valence-corrected chi connectivity index (χ4v) is 0.602. The van der Waals surface area contributed by atoms with Gasteiger partial charge in [-0.1, -0.05) is 0 Å². The first-order valence-electron chi connectivity index (χ1n) is 2.80. The maximum absolute atomic E-state index is 5.44. The zero-order chi connectivity index (χ0) is 7.56. The number of nitrogens with one attached hydrogen (secondary N) is 1. The van der Waals surface area contributed by atoms with Gasteiger partial charge in [0.15, 0.2) is 5.82 Å². The lowest BCUT2D eigenvalue weighted by atomic mass is 10.5. The van der Waals surface area contributed by atoms with E-state index >= 15 is 0 Å². The van der Waals surface area contributed by atoms with Gasteiger partial charge in [0.25, 0.3) is 0 Å². The van der Waals surface area contributed by atoms with Gasteiger partial charge in [-0.05, 0) is 0 Å². The van der Waals surface area contributed by atoms with Crippen molar-refractivity contribution in [2.75, 3.05) is 23.8 Å². The molecule has 1 heterocycles. The summed E-state index contributed by atoms with van der Waals surface area (Å²) in [5.74, 6) is 0.562. The molecular weight excluding hydrogens is 130 g/mol. The third-order valence-corrected chi connectivity index (χ3v) is 1.11. The number of nitrogens with two attached hydrogens (primary N) is 2. The predicted molar refractivity (Wildman–Crippen MR) is 40.4 cm³/mol. The molecule has 0 spiro atoms. The average molecular weight is 139 g/mol. The minimum Gasteiger partial charge on any atom is -0.384 e. The van der Waals surface area contributed by atoms with E-state index in [0.29, 0.717) is 11.5 Å². The highest BCUT2D eigenvalue weighted by Crippen LogP contribution is 2.12. The normalized spacial score (nSPS) is 9.30. The molecule has 0 saturated heterocycles. The van der Waals surface area contributed by atoms with Crippen LogP contribution in [0.3, 0.4) is 0 Å². The Morgan fingerprint density at radius 2 is 2.20 bits per heavy atom. The SMILES string of the molecule is CNc1cnc(N)nc1N. The van der Waals surface area contributed by atoms with Crippen LogP contribution in [0.2, 0.25) is 0 Å². The zero-order valence-corrected chi connectivity index (χ0v) is 5.63. The molecular formula is C5H9N5. The molecule has 1 aromatic heterocycles. The summed E-state index contributed by atoms with van der Waals surface area (Å²) in [4.78, 5) is 7.46. The number of hydrogen-bond acceptors (Lipinski definition) is 5. The van der Waals surface area contributed by atoms with Crippen LogP contribution in [0.1, 0.15) is 0 Å².